The van der Waals surface area contributed by atoms with Crippen molar-refractivity contribution in [1.82, 2.24) is 14.4 Å². The standard InChI is InChI=1S/C26H17F2N3/c27-14-17-12-16(13-18(15-28)29-17)19-9-5-10-23-25(19)31-24-11-4-3-7-21(24)20-6-1-2-8-22(20)26(31)30-23/h1-13H,14-15H2. The Morgan fingerprint density at radius 3 is 2.10 bits per heavy atom. The van der Waals surface area contributed by atoms with Crippen molar-refractivity contribution in [1.29, 1.82) is 0 Å². The topological polar surface area (TPSA) is 30.2 Å². The number of hydrogen-bond donors (Lipinski definition) is 0. The molecule has 0 radical (unpaired) electrons. The number of rotatable bonds is 3. The van der Waals surface area contributed by atoms with Crippen LogP contribution in [0, 0.1) is 0 Å². The van der Waals surface area contributed by atoms with Crippen LogP contribution in [0.4, 0.5) is 8.78 Å². The maximum atomic E-state index is 13.4. The molecule has 3 aromatic heterocycles. The van der Waals surface area contributed by atoms with Crippen molar-refractivity contribution in [2.24, 2.45) is 0 Å². The molecule has 0 spiro atoms. The Hall–Kier alpha value is -3.86. The summed E-state index contributed by atoms with van der Waals surface area (Å²) >= 11 is 0. The number of alkyl halides is 2. The van der Waals surface area contributed by atoms with Crippen molar-refractivity contribution in [2.75, 3.05) is 0 Å². The van der Waals surface area contributed by atoms with Crippen LogP contribution in [0.15, 0.2) is 78.9 Å². The molecule has 0 atom stereocenters. The molecule has 0 saturated heterocycles. The van der Waals surface area contributed by atoms with Crippen LogP contribution in [-0.2, 0) is 13.3 Å². The first-order valence-corrected chi connectivity index (χ1v) is 10.1. The summed E-state index contributed by atoms with van der Waals surface area (Å²) in [7, 11) is 0. The Morgan fingerprint density at radius 2 is 1.35 bits per heavy atom. The Kier molecular flexibility index (Phi) is 3.96. The molecule has 3 heterocycles. The number of aromatic nitrogens is 3. The van der Waals surface area contributed by atoms with E-state index >= 15 is 0 Å². The van der Waals surface area contributed by atoms with Crippen LogP contribution >= 0.6 is 0 Å². The highest BCUT2D eigenvalue weighted by Gasteiger charge is 2.17. The summed E-state index contributed by atoms with van der Waals surface area (Å²) in [6.07, 6.45) is 0. The molecule has 6 aromatic rings. The largest absolute Gasteiger partial charge is 0.291 e. The molecule has 0 N–H and O–H groups in total. The second-order valence-corrected chi connectivity index (χ2v) is 7.61. The van der Waals surface area contributed by atoms with E-state index in [0.717, 1.165) is 49.5 Å². The lowest BCUT2D eigenvalue weighted by Crippen LogP contribution is -1.96. The highest BCUT2D eigenvalue weighted by Crippen LogP contribution is 2.36. The van der Waals surface area contributed by atoms with Crippen LogP contribution in [0.2, 0.25) is 0 Å². The third kappa shape index (κ3) is 2.63. The summed E-state index contributed by atoms with van der Waals surface area (Å²) in [6.45, 7) is -1.48. The Bertz CT molecular complexity index is 1600. The Balaban J connectivity index is 1.83. The fourth-order valence-electron chi connectivity index (χ4n) is 4.53. The zero-order valence-electron chi connectivity index (χ0n) is 16.5. The second-order valence-electron chi connectivity index (χ2n) is 7.61. The lowest BCUT2D eigenvalue weighted by atomic mass is 10.0. The molecule has 0 unspecified atom stereocenters. The fraction of sp³-hybridized carbons (Fsp3) is 0.0769. The van der Waals surface area contributed by atoms with E-state index in [1.807, 2.05) is 42.5 Å². The molecule has 31 heavy (non-hydrogen) atoms. The summed E-state index contributed by atoms with van der Waals surface area (Å²) in [6, 6.07) is 25.7. The molecular formula is C26H17F2N3. The number of halogens is 2. The van der Waals surface area contributed by atoms with E-state index in [2.05, 4.69) is 33.7 Å². The van der Waals surface area contributed by atoms with Crippen molar-refractivity contribution >= 4 is 38.4 Å². The third-order valence-corrected chi connectivity index (χ3v) is 5.80. The zero-order valence-corrected chi connectivity index (χ0v) is 16.5. The predicted molar refractivity (Wildman–Crippen MR) is 121 cm³/mol. The smallest absolute Gasteiger partial charge is 0.146 e. The van der Waals surface area contributed by atoms with Crippen molar-refractivity contribution in [3.05, 3.63) is 90.3 Å². The zero-order chi connectivity index (χ0) is 20.9. The van der Waals surface area contributed by atoms with Gasteiger partial charge in [0.1, 0.15) is 19.0 Å². The van der Waals surface area contributed by atoms with Gasteiger partial charge in [0, 0.05) is 16.3 Å². The molecule has 5 heteroatoms. The molecule has 0 aliphatic rings. The van der Waals surface area contributed by atoms with Gasteiger partial charge in [0.15, 0.2) is 0 Å². The minimum atomic E-state index is -0.739. The van der Waals surface area contributed by atoms with Crippen LogP contribution in [0.5, 0.6) is 0 Å². The van der Waals surface area contributed by atoms with Crippen LogP contribution < -0.4 is 0 Å². The molecule has 150 valence electrons. The van der Waals surface area contributed by atoms with Gasteiger partial charge in [-0.1, -0.05) is 54.6 Å². The van der Waals surface area contributed by atoms with Gasteiger partial charge in [-0.25, -0.2) is 13.8 Å². The molecule has 3 aromatic carbocycles. The number of nitrogens with zero attached hydrogens (tertiary/aromatic N) is 3. The number of fused-ring (bicyclic) bond motifs is 8. The van der Waals surface area contributed by atoms with Gasteiger partial charge in [-0.3, -0.25) is 9.38 Å². The highest BCUT2D eigenvalue weighted by molar-refractivity contribution is 6.14. The molecule has 0 aliphatic heterocycles. The quantitative estimate of drug-likeness (QED) is 0.301. The maximum Gasteiger partial charge on any atom is 0.146 e. The van der Waals surface area contributed by atoms with Gasteiger partial charge in [-0.05, 0) is 35.2 Å². The summed E-state index contributed by atoms with van der Waals surface area (Å²) in [5, 5.41) is 3.33. The molecule has 6 rings (SSSR count). The first-order valence-electron chi connectivity index (χ1n) is 10.1. The van der Waals surface area contributed by atoms with E-state index in [0.29, 0.717) is 0 Å². The fourth-order valence-corrected chi connectivity index (χ4v) is 4.53. The van der Waals surface area contributed by atoms with Crippen molar-refractivity contribution < 1.29 is 8.78 Å². The number of imidazole rings is 1. The van der Waals surface area contributed by atoms with E-state index in [-0.39, 0.29) is 11.4 Å². The van der Waals surface area contributed by atoms with E-state index < -0.39 is 13.3 Å². The van der Waals surface area contributed by atoms with Crippen molar-refractivity contribution in [2.45, 2.75) is 13.3 Å². The average Bonchev–Trinajstić information content (AvgIpc) is 3.24. The number of para-hydroxylation sites is 2. The minimum absolute atomic E-state index is 0.228. The summed E-state index contributed by atoms with van der Waals surface area (Å²) in [5.41, 5.74) is 5.72. The van der Waals surface area contributed by atoms with Crippen LogP contribution in [0.1, 0.15) is 11.4 Å². The lowest BCUT2D eigenvalue weighted by molar-refractivity contribution is 0.457. The van der Waals surface area contributed by atoms with Gasteiger partial charge < -0.3 is 0 Å². The van der Waals surface area contributed by atoms with E-state index in [1.54, 1.807) is 12.1 Å². The molecule has 0 amide bonds. The Morgan fingerprint density at radius 1 is 0.677 bits per heavy atom. The molecule has 0 aliphatic carbocycles. The van der Waals surface area contributed by atoms with E-state index in [4.69, 9.17) is 4.98 Å². The number of hydrogen-bond acceptors (Lipinski definition) is 2. The van der Waals surface area contributed by atoms with Gasteiger partial charge in [-0.15, -0.1) is 0 Å². The first kappa shape index (κ1) is 18.0. The van der Waals surface area contributed by atoms with Gasteiger partial charge in [0.2, 0.25) is 0 Å². The SMILES string of the molecule is FCc1cc(-c2cccc3nc4c5ccccc5c5ccccc5n4c23)cc(CF)n1. The van der Waals surface area contributed by atoms with Crippen LogP contribution in [0.3, 0.4) is 0 Å². The summed E-state index contributed by atoms with van der Waals surface area (Å²) < 4.78 is 29.0. The number of pyridine rings is 2. The number of benzene rings is 3. The van der Waals surface area contributed by atoms with Crippen molar-refractivity contribution in [3.63, 3.8) is 0 Å². The maximum absolute atomic E-state index is 13.4. The summed E-state index contributed by atoms with van der Waals surface area (Å²) in [5.74, 6) is 0. The first-order chi connectivity index (χ1) is 15.3. The van der Waals surface area contributed by atoms with Gasteiger partial charge in [0.05, 0.1) is 27.9 Å². The molecule has 3 nitrogen and oxygen atoms in total. The minimum Gasteiger partial charge on any atom is -0.291 e. The monoisotopic (exact) mass is 409 g/mol. The predicted octanol–water partition coefficient (Wildman–Crippen LogP) is 6.79. The average molecular weight is 409 g/mol. The molecule has 0 fully saturated rings. The van der Waals surface area contributed by atoms with Gasteiger partial charge in [0.25, 0.3) is 0 Å². The van der Waals surface area contributed by atoms with Gasteiger partial charge in [-0.2, -0.15) is 0 Å². The van der Waals surface area contributed by atoms with Crippen LogP contribution in [0.25, 0.3) is 49.5 Å². The highest BCUT2D eigenvalue weighted by atomic mass is 19.1. The Labute approximate surface area is 176 Å². The normalized spacial score (nSPS) is 11.8. The lowest BCUT2D eigenvalue weighted by Gasteiger charge is -2.11. The van der Waals surface area contributed by atoms with Crippen molar-refractivity contribution in [3.8, 4) is 11.1 Å². The molecule has 0 bridgehead atoms. The van der Waals surface area contributed by atoms with Gasteiger partial charge >= 0.3 is 0 Å². The summed E-state index contributed by atoms with van der Waals surface area (Å²) in [4.78, 5) is 9.01. The second kappa shape index (κ2) is 6.84. The van der Waals surface area contributed by atoms with Crippen LogP contribution in [-0.4, -0.2) is 14.4 Å². The molecule has 0 saturated carbocycles. The third-order valence-electron chi connectivity index (χ3n) is 5.80. The van der Waals surface area contributed by atoms with E-state index in [9.17, 15) is 8.78 Å². The molecular weight excluding hydrogens is 392 g/mol. The van der Waals surface area contributed by atoms with E-state index in [1.165, 1.54) is 0 Å².